The minimum Gasteiger partial charge on any atom is -0.349 e. The van der Waals surface area contributed by atoms with Gasteiger partial charge in [-0.05, 0) is 56.2 Å². The van der Waals surface area contributed by atoms with Crippen molar-refractivity contribution in [1.82, 2.24) is 15.5 Å². The summed E-state index contributed by atoms with van der Waals surface area (Å²) in [6.45, 7) is 3.96. The van der Waals surface area contributed by atoms with Crippen molar-refractivity contribution in [2.75, 3.05) is 5.75 Å². The van der Waals surface area contributed by atoms with Gasteiger partial charge in [0, 0.05) is 0 Å². The van der Waals surface area contributed by atoms with Crippen molar-refractivity contribution in [2.24, 2.45) is 0 Å². The Bertz CT molecular complexity index is 699. The summed E-state index contributed by atoms with van der Waals surface area (Å²) in [6.07, 6.45) is 4.92. The number of benzene rings is 1. The van der Waals surface area contributed by atoms with Crippen LogP contribution in [0.1, 0.15) is 47.5 Å². The zero-order valence-electron chi connectivity index (χ0n) is 13.5. The first-order valence-electron chi connectivity index (χ1n) is 7.96. The van der Waals surface area contributed by atoms with Gasteiger partial charge in [-0.1, -0.05) is 41.3 Å². The van der Waals surface area contributed by atoms with Crippen molar-refractivity contribution in [2.45, 2.75) is 49.9 Å². The Balaban J connectivity index is 1.55. The topological polar surface area (TPSA) is 54.9 Å². The lowest BCUT2D eigenvalue weighted by Gasteiger charge is -2.20. The van der Waals surface area contributed by atoms with Crippen molar-refractivity contribution < 1.29 is 4.79 Å². The Morgan fingerprint density at radius 3 is 2.83 bits per heavy atom. The summed E-state index contributed by atoms with van der Waals surface area (Å²) in [4.78, 5) is 12.1. The maximum atomic E-state index is 12.1. The molecule has 1 amide bonds. The van der Waals surface area contributed by atoms with Crippen LogP contribution >= 0.6 is 23.1 Å². The van der Waals surface area contributed by atoms with E-state index in [1.54, 1.807) is 0 Å². The lowest BCUT2D eigenvalue weighted by Crippen LogP contribution is -2.28. The molecule has 0 bridgehead atoms. The zero-order chi connectivity index (χ0) is 16.2. The molecule has 0 radical (unpaired) electrons. The number of hydrogen-bond acceptors (Lipinski definition) is 5. The highest BCUT2D eigenvalue weighted by Crippen LogP contribution is 2.25. The normalized spacial score (nSPS) is 15.0. The molecular weight excluding hydrogens is 326 g/mol. The number of amides is 1. The quantitative estimate of drug-likeness (QED) is 0.838. The average molecular weight is 348 g/mol. The second-order valence-electron chi connectivity index (χ2n) is 5.90. The summed E-state index contributed by atoms with van der Waals surface area (Å²) < 4.78 is 0.846. The van der Waals surface area contributed by atoms with Crippen LogP contribution in [0.4, 0.5) is 0 Å². The predicted molar refractivity (Wildman–Crippen MR) is 95.0 cm³/mol. The maximum absolute atomic E-state index is 12.1. The lowest BCUT2D eigenvalue weighted by molar-refractivity contribution is -0.119. The van der Waals surface area contributed by atoms with E-state index in [2.05, 4.69) is 33.7 Å². The Hall–Kier alpha value is -1.40. The largest absolute Gasteiger partial charge is 0.349 e. The summed E-state index contributed by atoms with van der Waals surface area (Å²) in [5.41, 5.74) is 4.12. The van der Waals surface area contributed by atoms with Crippen molar-refractivity contribution in [3.8, 4) is 0 Å². The molecule has 1 heterocycles. The molecule has 0 spiro atoms. The fourth-order valence-corrected chi connectivity index (χ4v) is 4.48. The molecule has 0 aliphatic heterocycles. The van der Waals surface area contributed by atoms with Crippen LogP contribution < -0.4 is 5.32 Å². The second kappa shape index (κ2) is 7.45. The van der Waals surface area contributed by atoms with E-state index in [1.807, 2.05) is 13.8 Å². The zero-order valence-corrected chi connectivity index (χ0v) is 15.1. The van der Waals surface area contributed by atoms with Crippen LogP contribution in [0.2, 0.25) is 0 Å². The summed E-state index contributed by atoms with van der Waals surface area (Å²) in [5.74, 6) is 0.414. The first-order valence-corrected chi connectivity index (χ1v) is 9.76. The minimum absolute atomic E-state index is 0.0338. The third-order valence-corrected chi connectivity index (χ3v) is 6.06. The number of carbonyl (C=O) groups excluding carboxylic acids is 1. The number of nitrogens with one attached hydrogen (secondary N) is 1. The Morgan fingerprint density at radius 2 is 2.09 bits per heavy atom. The predicted octanol–water partition coefficient (Wildman–Crippen LogP) is 3.69. The number of aryl methyl sites for hydroxylation is 3. The van der Waals surface area contributed by atoms with Gasteiger partial charge in [0.05, 0.1) is 11.8 Å². The van der Waals surface area contributed by atoms with Crippen molar-refractivity contribution in [3.63, 3.8) is 0 Å². The van der Waals surface area contributed by atoms with Crippen LogP contribution in [-0.2, 0) is 17.6 Å². The first-order chi connectivity index (χ1) is 11.1. The molecule has 1 N–H and O–H groups in total. The molecule has 0 saturated carbocycles. The van der Waals surface area contributed by atoms with Gasteiger partial charge >= 0.3 is 0 Å². The van der Waals surface area contributed by atoms with Gasteiger partial charge in [0.1, 0.15) is 5.01 Å². The smallest absolute Gasteiger partial charge is 0.230 e. The lowest BCUT2D eigenvalue weighted by atomic mass is 9.89. The molecule has 23 heavy (non-hydrogen) atoms. The van der Waals surface area contributed by atoms with E-state index in [-0.39, 0.29) is 11.9 Å². The SMILES string of the molecule is Cc1nnc(SCC(=O)NC(C)c2ccc3c(c2)CCCC3)s1. The monoisotopic (exact) mass is 347 g/mol. The van der Waals surface area contributed by atoms with Gasteiger partial charge in [0.15, 0.2) is 4.34 Å². The third kappa shape index (κ3) is 4.32. The van der Waals surface area contributed by atoms with Gasteiger partial charge in [-0.3, -0.25) is 4.79 Å². The molecule has 1 atom stereocenters. The van der Waals surface area contributed by atoms with Crippen molar-refractivity contribution >= 4 is 29.0 Å². The van der Waals surface area contributed by atoms with E-state index in [0.29, 0.717) is 5.75 Å². The van der Waals surface area contributed by atoms with E-state index in [1.165, 1.54) is 59.1 Å². The Morgan fingerprint density at radius 1 is 1.30 bits per heavy atom. The highest BCUT2D eigenvalue weighted by atomic mass is 32.2. The number of thioether (sulfide) groups is 1. The first kappa shape index (κ1) is 16.5. The summed E-state index contributed by atoms with van der Waals surface area (Å²) >= 11 is 2.96. The van der Waals surface area contributed by atoms with Crippen LogP contribution in [0, 0.1) is 6.92 Å². The van der Waals surface area contributed by atoms with E-state index in [9.17, 15) is 4.79 Å². The van der Waals surface area contributed by atoms with Gasteiger partial charge in [0.25, 0.3) is 0 Å². The van der Waals surface area contributed by atoms with Crippen molar-refractivity contribution in [3.05, 3.63) is 39.9 Å². The molecule has 1 unspecified atom stereocenters. The molecule has 122 valence electrons. The third-order valence-electron chi connectivity index (χ3n) is 4.08. The molecular formula is C17H21N3OS2. The molecule has 6 heteroatoms. The highest BCUT2D eigenvalue weighted by Gasteiger charge is 2.14. The minimum atomic E-state index is 0.0338. The molecule has 1 aliphatic rings. The van der Waals surface area contributed by atoms with E-state index < -0.39 is 0 Å². The van der Waals surface area contributed by atoms with Crippen LogP contribution in [0.15, 0.2) is 22.5 Å². The number of hydrogen-bond donors (Lipinski definition) is 1. The van der Waals surface area contributed by atoms with Gasteiger partial charge in [-0.25, -0.2) is 0 Å². The average Bonchev–Trinajstić information content (AvgIpc) is 2.98. The summed E-state index contributed by atoms with van der Waals surface area (Å²) in [5, 5.41) is 12.0. The molecule has 2 aromatic rings. The van der Waals surface area contributed by atoms with Crippen LogP contribution in [0.25, 0.3) is 0 Å². The van der Waals surface area contributed by atoms with Gasteiger partial charge < -0.3 is 5.32 Å². The fraction of sp³-hybridized carbons (Fsp3) is 0.471. The summed E-state index contributed by atoms with van der Waals surface area (Å²) in [6, 6.07) is 6.67. The second-order valence-corrected chi connectivity index (χ2v) is 8.30. The number of rotatable bonds is 5. The molecule has 1 aromatic heterocycles. The molecule has 1 aromatic carbocycles. The molecule has 0 saturated heterocycles. The number of carbonyl (C=O) groups is 1. The summed E-state index contributed by atoms with van der Waals surface area (Å²) in [7, 11) is 0. The molecule has 4 nitrogen and oxygen atoms in total. The van der Waals surface area contributed by atoms with E-state index in [4.69, 9.17) is 0 Å². The van der Waals surface area contributed by atoms with Crippen molar-refractivity contribution in [1.29, 1.82) is 0 Å². The Kier molecular flexibility index (Phi) is 5.33. The number of nitrogens with zero attached hydrogens (tertiary/aromatic N) is 2. The standard InChI is InChI=1S/C17H21N3OS2/c1-11(14-8-7-13-5-3-4-6-15(13)9-14)18-16(21)10-22-17-20-19-12(2)23-17/h7-9,11H,3-6,10H2,1-2H3,(H,18,21). The highest BCUT2D eigenvalue weighted by molar-refractivity contribution is 8.01. The number of fused-ring (bicyclic) bond motifs is 1. The van der Waals surface area contributed by atoms with E-state index in [0.717, 1.165) is 15.8 Å². The Labute approximate surface area is 145 Å². The maximum Gasteiger partial charge on any atom is 0.230 e. The van der Waals surface area contributed by atoms with Gasteiger partial charge in [-0.15, -0.1) is 10.2 Å². The van der Waals surface area contributed by atoms with E-state index >= 15 is 0 Å². The molecule has 3 rings (SSSR count). The van der Waals surface area contributed by atoms with Crippen LogP contribution in [0.5, 0.6) is 0 Å². The van der Waals surface area contributed by atoms with Crippen LogP contribution in [0.3, 0.4) is 0 Å². The molecule has 0 fully saturated rings. The fourth-order valence-electron chi connectivity index (χ4n) is 2.85. The number of aromatic nitrogens is 2. The van der Waals surface area contributed by atoms with Gasteiger partial charge in [0.2, 0.25) is 5.91 Å². The van der Waals surface area contributed by atoms with Crippen LogP contribution in [-0.4, -0.2) is 21.9 Å². The molecule has 1 aliphatic carbocycles. The van der Waals surface area contributed by atoms with Gasteiger partial charge in [-0.2, -0.15) is 0 Å².